The lowest BCUT2D eigenvalue weighted by molar-refractivity contribution is -0.900. The van der Waals surface area contributed by atoms with Gasteiger partial charge in [-0.3, -0.25) is 0 Å². The Hall–Kier alpha value is -1.39. The molecule has 16 heavy (non-hydrogen) atoms. The Morgan fingerprint density at radius 3 is 2.44 bits per heavy atom. The molecule has 4 nitrogen and oxygen atoms in total. The summed E-state index contributed by atoms with van der Waals surface area (Å²) in [5.74, 6) is -0.258. The van der Waals surface area contributed by atoms with Crippen LogP contribution in [-0.4, -0.2) is 42.3 Å². The van der Waals surface area contributed by atoms with Gasteiger partial charge in [-0.2, -0.15) is 0 Å². The molecule has 0 aliphatic heterocycles. The van der Waals surface area contributed by atoms with Gasteiger partial charge in [-0.15, -0.1) is 0 Å². The van der Waals surface area contributed by atoms with Crippen LogP contribution in [0.3, 0.4) is 0 Å². The van der Waals surface area contributed by atoms with E-state index in [4.69, 9.17) is 0 Å². The predicted molar refractivity (Wildman–Crippen MR) is 61.6 cm³/mol. The molecule has 0 aliphatic carbocycles. The molecule has 0 heterocycles. The maximum Gasteiger partial charge on any atom is 0.128 e. The first kappa shape index (κ1) is 12.7. The molecule has 1 atom stereocenters. The molecule has 0 radical (unpaired) electrons. The summed E-state index contributed by atoms with van der Waals surface area (Å²) in [6.45, 7) is 2.10. The van der Waals surface area contributed by atoms with Crippen LogP contribution in [0.4, 0.5) is 0 Å². The van der Waals surface area contributed by atoms with Crippen LogP contribution in [-0.2, 0) is 0 Å². The van der Waals surface area contributed by atoms with Crippen LogP contribution >= 0.6 is 0 Å². The minimum Gasteiger partial charge on any atom is -0.855 e. The second kappa shape index (κ2) is 5.09. The van der Waals surface area contributed by atoms with E-state index in [9.17, 15) is 10.2 Å². The van der Waals surface area contributed by atoms with E-state index >= 15 is 0 Å². The number of benzene rings is 1. The monoisotopic (exact) mass is 222 g/mol. The van der Waals surface area contributed by atoms with E-state index < -0.39 is 6.10 Å². The standard InChI is InChI=1S/C12H18N2O2/c1-10(15)9-14(2,3)13-12(16)11-7-5-4-6-8-11/h4-8,10,15H,9H2,1-3H3. The van der Waals surface area contributed by atoms with Gasteiger partial charge in [0.2, 0.25) is 0 Å². The summed E-state index contributed by atoms with van der Waals surface area (Å²) in [4.78, 5) is 0. The van der Waals surface area contributed by atoms with Crippen molar-refractivity contribution in [2.24, 2.45) is 5.10 Å². The van der Waals surface area contributed by atoms with Gasteiger partial charge in [0.05, 0.1) is 20.0 Å². The first-order valence-corrected chi connectivity index (χ1v) is 5.24. The third-order valence-electron chi connectivity index (χ3n) is 2.09. The summed E-state index contributed by atoms with van der Waals surface area (Å²) in [7, 11) is 3.57. The Kier molecular flexibility index (Phi) is 4.04. The Morgan fingerprint density at radius 2 is 1.94 bits per heavy atom. The molecular weight excluding hydrogens is 204 g/mol. The van der Waals surface area contributed by atoms with Crippen molar-refractivity contribution < 1.29 is 14.8 Å². The zero-order chi connectivity index (χ0) is 12.2. The van der Waals surface area contributed by atoms with Crippen molar-refractivity contribution in [1.29, 1.82) is 0 Å². The van der Waals surface area contributed by atoms with Gasteiger partial charge in [-0.05, 0) is 12.5 Å². The van der Waals surface area contributed by atoms with E-state index in [0.29, 0.717) is 12.1 Å². The molecule has 1 aromatic carbocycles. The summed E-state index contributed by atoms with van der Waals surface area (Å²) in [5, 5.41) is 25.1. The fraction of sp³-hybridized carbons (Fsp3) is 0.417. The van der Waals surface area contributed by atoms with Crippen LogP contribution < -0.4 is 5.11 Å². The van der Waals surface area contributed by atoms with Crippen LogP contribution in [0.15, 0.2) is 35.4 Å². The first-order valence-electron chi connectivity index (χ1n) is 5.24. The number of likely N-dealkylation sites (N-methyl/N-ethyl adjacent to an activating group) is 1. The lowest BCUT2D eigenvalue weighted by Crippen LogP contribution is -2.42. The fourth-order valence-electron chi connectivity index (χ4n) is 1.57. The average Bonchev–Trinajstić information content (AvgIpc) is 2.16. The smallest absolute Gasteiger partial charge is 0.128 e. The van der Waals surface area contributed by atoms with Crippen LogP contribution in [0.25, 0.3) is 0 Å². The summed E-state index contributed by atoms with van der Waals surface area (Å²) in [6, 6.07) is 8.92. The third kappa shape index (κ3) is 4.00. The van der Waals surface area contributed by atoms with Crippen LogP contribution in [0.1, 0.15) is 12.5 Å². The lowest BCUT2D eigenvalue weighted by Gasteiger charge is -2.26. The highest BCUT2D eigenvalue weighted by Gasteiger charge is 2.17. The quantitative estimate of drug-likeness (QED) is 0.341. The number of rotatable bonds is 4. The minimum absolute atomic E-state index is 0.130. The van der Waals surface area contributed by atoms with Gasteiger partial charge in [-0.25, -0.2) is 4.59 Å². The Bertz CT molecular complexity index is 359. The molecule has 0 bridgehead atoms. The zero-order valence-corrected chi connectivity index (χ0v) is 9.92. The molecule has 0 spiro atoms. The molecule has 0 saturated carbocycles. The van der Waals surface area contributed by atoms with Crippen molar-refractivity contribution in [3.8, 4) is 0 Å². The normalized spacial score (nSPS) is 14.9. The van der Waals surface area contributed by atoms with Crippen molar-refractivity contribution in [2.45, 2.75) is 13.0 Å². The van der Waals surface area contributed by atoms with Crippen molar-refractivity contribution in [1.82, 2.24) is 0 Å². The molecule has 0 amide bonds. The second-order valence-electron chi connectivity index (χ2n) is 4.42. The van der Waals surface area contributed by atoms with Gasteiger partial charge in [-0.1, -0.05) is 35.4 Å². The molecule has 1 N–H and O–H groups in total. The van der Waals surface area contributed by atoms with Gasteiger partial charge in [0.15, 0.2) is 0 Å². The first-order chi connectivity index (χ1) is 7.41. The van der Waals surface area contributed by atoms with E-state index in [0.717, 1.165) is 0 Å². The second-order valence-corrected chi connectivity index (χ2v) is 4.42. The molecule has 0 aliphatic rings. The molecule has 4 heteroatoms. The van der Waals surface area contributed by atoms with E-state index in [1.807, 2.05) is 6.07 Å². The molecule has 0 saturated heterocycles. The van der Waals surface area contributed by atoms with Crippen molar-refractivity contribution >= 4 is 5.90 Å². The van der Waals surface area contributed by atoms with E-state index in [2.05, 4.69) is 5.10 Å². The SMILES string of the molecule is CC(O)C[N+](C)(C)/N=C(\[O-])c1ccccc1. The number of nitrogens with zero attached hydrogens (tertiary/aromatic N) is 2. The van der Waals surface area contributed by atoms with E-state index in [1.54, 1.807) is 45.3 Å². The molecular formula is C12H18N2O2. The molecule has 88 valence electrons. The van der Waals surface area contributed by atoms with Crippen LogP contribution in [0.2, 0.25) is 0 Å². The number of aliphatic hydroxyl groups excluding tert-OH is 1. The minimum atomic E-state index is -0.484. The molecule has 0 aromatic heterocycles. The lowest BCUT2D eigenvalue weighted by atomic mass is 10.2. The molecule has 0 fully saturated rings. The van der Waals surface area contributed by atoms with Crippen LogP contribution in [0, 0.1) is 0 Å². The van der Waals surface area contributed by atoms with Gasteiger partial charge >= 0.3 is 0 Å². The topological polar surface area (TPSA) is 55.7 Å². The highest BCUT2D eigenvalue weighted by molar-refractivity contribution is 5.89. The van der Waals surface area contributed by atoms with Crippen molar-refractivity contribution in [2.75, 3.05) is 20.6 Å². The Labute approximate surface area is 96.0 Å². The van der Waals surface area contributed by atoms with Crippen molar-refractivity contribution in [3.05, 3.63) is 35.9 Å². The summed E-state index contributed by atoms with van der Waals surface area (Å²) >= 11 is 0. The van der Waals surface area contributed by atoms with Gasteiger partial charge < -0.3 is 10.2 Å². The largest absolute Gasteiger partial charge is 0.855 e. The van der Waals surface area contributed by atoms with Gasteiger partial charge in [0.25, 0.3) is 0 Å². The number of aliphatic hydroxyl groups is 1. The zero-order valence-electron chi connectivity index (χ0n) is 9.92. The maximum absolute atomic E-state index is 11.8. The number of hydrogen-bond donors (Lipinski definition) is 1. The highest BCUT2D eigenvalue weighted by atomic mass is 16.3. The average molecular weight is 222 g/mol. The van der Waals surface area contributed by atoms with E-state index in [1.165, 1.54) is 0 Å². The van der Waals surface area contributed by atoms with Crippen molar-refractivity contribution in [3.63, 3.8) is 0 Å². The predicted octanol–water partition coefficient (Wildman–Crippen LogP) is 0.166. The summed E-state index contributed by atoms with van der Waals surface area (Å²) in [5.41, 5.74) is 0.569. The summed E-state index contributed by atoms with van der Waals surface area (Å²) in [6.07, 6.45) is -0.484. The maximum atomic E-state index is 11.8. The molecule has 1 rings (SSSR count). The molecule has 1 aromatic rings. The summed E-state index contributed by atoms with van der Waals surface area (Å²) < 4.78 is 0.130. The third-order valence-corrected chi connectivity index (χ3v) is 2.09. The Balaban J connectivity index is 2.84. The fourth-order valence-corrected chi connectivity index (χ4v) is 1.57. The van der Waals surface area contributed by atoms with E-state index in [-0.39, 0.29) is 10.5 Å². The number of quaternary nitrogens is 1. The highest BCUT2D eigenvalue weighted by Crippen LogP contribution is 2.04. The van der Waals surface area contributed by atoms with Gasteiger partial charge in [0.1, 0.15) is 12.6 Å². The molecule has 1 unspecified atom stereocenters. The number of hydrogen-bond acceptors (Lipinski definition) is 3. The Morgan fingerprint density at radius 1 is 1.38 bits per heavy atom. The van der Waals surface area contributed by atoms with Crippen LogP contribution in [0.5, 0.6) is 0 Å². The van der Waals surface area contributed by atoms with Gasteiger partial charge in [0, 0.05) is 0 Å².